The molecule has 0 unspecified atom stereocenters. The van der Waals surface area contributed by atoms with Crippen molar-refractivity contribution in [3.8, 4) is 5.75 Å². The Labute approximate surface area is 203 Å². The second kappa shape index (κ2) is 10.1. The summed E-state index contributed by atoms with van der Waals surface area (Å²) >= 11 is 1.46. The Morgan fingerprint density at radius 1 is 1.00 bits per heavy atom. The topological polar surface area (TPSA) is 80.3 Å². The van der Waals surface area contributed by atoms with Crippen molar-refractivity contribution in [2.24, 2.45) is 0 Å². The number of ketones is 1. The monoisotopic (exact) mass is 473 g/mol. The Bertz CT molecular complexity index is 1350. The molecule has 174 valence electrons. The number of thiazole rings is 1. The summed E-state index contributed by atoms with van der Waals surface area (Å²) < 4.78 is 6.18. The summed E-state index contributed by atoms with van der Waals surface area (Å²) in [7, 11) is 1.56. The van der Waals surface area contributed by atoms with Gasteiger partial charge in [-0.15, -0.1) is 0 Å². The number of amides is 1. The molecule has 34 heavy (non-hydrogen) atoms. The van der Waals surface area contributed by atoms with Gasteiger partial charge in [0.15, 0.2) is 10.9 Å². The molecule has 1 amide bonds. The number of nitrogens with one attached hydrogen (secondary N) is 2. The SMILES string of the molecule is COc1ccccc1C(=O)CCNc1nc2ccc(C(=O)Nc3c(C)cc(C)cc3C)cc2s1. The smallest absolute Gasteiger partial charge is 0.255 e. The van der Waals surface area contributed by atoms with Gasteiger partial charge in [-0.05, 0) is 62.2 Å². The highest BCUT2D eigenvalue weighted by molar-refractivity contribution is 7.22. The maximum Gasteiger partial charge on any atom is 0.255 e. The first-order valence-corrected chi connectivity index (χ1v) is 11.9. The summed E-state index contributed by atoms with van der Waals surface area (Å²) in [5.41, 5.74) is 6.06. The van der Waals surface area contributed by atoms with Crippen LogP contribution in [0.2, 0.25) is 0 Å². The average molecular weight is 474 g/mol. The summed E-state index contributed by atoms with van der Waals surface area (Å²) in [6.07, 6.45) is 0.319. The molecule has 0 spiro atoms. The fraction of sp³-hybridized carbons (Fsp3) is 0.222. The van der Waals surface area contributed by atoms with Gasteiger partial charge in [-0.3, -0.25) is 9.59 Å². The van der Waals surface area contributed by atoms with E-state index in [9.17, 15) is 9.59 Å². The molecule has 0 aliphatic rings. The van der Waals surface area contributed by atoms with E-state index in [1.165, 1.54) is 16.9 Å². The van der Waals surface area contributed by atoms with Crippen LogP contribution in [0.15, 0.2) is 54.6 Å². The number of hydrogen-bond donors (Lipinski definition) is 2. The summed E-state index contributed by atoms with van der Waals surface area (Å²) in [6.45, 7) is 6.50. The predicted octanol–water partition coefficient (Wildman–Crippen LogP) is 6.17. The minimum Gasteiger partial charge on any atom is -0.496 e. The van der Waals surface area contributed by atoms with Gasteiger partial charge < -0.3 is 15.4 Å². The number of para-hydroxylation sites is 1. The van der Waals surface area contributed by atoms with Gasteiger partial charge in [-0.1, -0.05) is 41.2 Å². The molecule has 4 rings (SSSR count). The maximum absolute atomic E-state index is 12.9. The van der Waals surface area contributed by atoms with Crippen LogP contribution in [0.3, 0.4) is 0 Å². The van der Waals surface area contributed by atoms with Crippen molar-refractivity contribution in [3.05, 3.63) is 82.4 Å². The number of methoxy groups -OCH3 is 1. The third-order valence-electron chi connectivity index (χ3n) is 5.60. The lowest BCUT2D eigenvalue weighted by Gasteiger charge is -2.12. The molecule has 0 radical (unpaired) electrons. The average Bonchev–Trinajstić information content (AvgIpc) is 3.23. The first kappa shape index (κ1) is 23.4. The van der Waals surface area contributed by atoms with Crippen LogP contribution >= 0.6 is 11.3 Å². The van der Waals surface area contributed by atoms with E-state index in [-0.39, 0.29) is 11.7 Å². The highest BCUT2D eigenvalue weighted by atomic mass is 32.1. The van der Waals surface area contributed by atoms with Crippen molar-refractivity contribution < 1.29 is 14.3 Å². The number of Topliss-reactive ketones (excluding diaryl/α,β-unsaturated/α-hetero) is 1. The van der Waals surface area contributed by atoms with Crippen molar-refractivity contribution >= 4 is 44.1 Å². The van der Waals surface area contributed by atoms with E-state index in [0.29, 0.717) is 35.0 Å². The zero-order valence-electron chi connectivity index (χ0n) is 19.7. The number of anilines is 2. The third kappa shape index (κ3) is 5.10. The van der Waals surface area contributed by atoms with Gasteiger partial charge in [-0.2, -0.15) is 0 Å². The van der Waals surface area contributed by atoms with Crippen molar-refractivity contribution in [3.63, 3.8) is 0 Å². The number of ether oxygens (including phenoxy) is 1. The van der Waals surface area contributed by atoms with Crippen LogP contribution < -0.4 is 15.4 Å². The van der Waals surface area contributed by atoms with Crippen LogP contribution in [0.1, 0.15) is 43.8 Å². The van der Waals surface area contributed by atoms with E-state index in [4.69, 9.17) is 4.74 Å². The number of fused-ring (bicyclic) bond motifs is 1. The number of rotatable bonds is 8. The Morgan fingerprint density at radius 2 is 1.74 bits per heavy atom. The summed E-state index contributed by atoms with van der Waals surface area (Å²) in [5.74, 6) is 0.434. The van der Waals surface area contributed by atoms with Gasteiger partial charge in [0.2, 0.25) is 0 Å². The largest absolute Gasteiger partial charge is 0.496 e. The lowest BCUT2D eigenvalue weighted by molar-refractivity contribution is 0.0982. The van der Waals surface area contributed by atoms with Crippen molar-refractivity contribution in [1.82, 2.24) is 4.98 Å². The van der Waals surface area contributed by atoms with Gasteiger partial charge in [0, 0.05) is 24.2 Å². The van der Waals surface area contributed by atoms with Crippen LogP contribution in [0.5, 0.6) is 5.75 Å². The number of carbonyl (C=O) groups is 2. The number of aromatic nitrogens is 1. The van der Waals surface area contributed by atoms with E-state index in [2.05, 4.69) is 27.8 Å². The van der Waals surface area contributed by atoms with E-state index < -0.39 is 0 Å². The Morgan fingerprint density at radius 3 is 2.47 bits per heavy atom. The molecule has 0 saturated carbocycles. The molecule has 0 aliphatic carbocycles. The molecule has 0 saturated heterocycles. The van der Waals surface area contributed by atoms with E-state index in [0.717, 1.165) is 27.0 Å². The zero-order valence-corrected chi connectivity index (χ0v) is 20.5. The second-order valence-corrected chi connectivity index (χ2v) is 9.26. The molecule has 0 bridgehead atoms. The molecule has 7 heteroatoms. The molecule has 3 aromatic carbocycles. The fourth-order valence-corrected chi connectivity index (χ4v) is 4.93. The van der Waals surface area contributed by atoms with Crippen molar-refractivity contribution in [1.29, 1.82) is 0 Å². The highest BCUT2D eigenvalue weighted by Gasteiger charge is 2.14. The molecule has 0 atom stereocenters. The number of benzene rings is 3. The molecule has 0 aliphatic heterocycles. The molecule has 6 nitrogen and oxygen atoms in total. The van der Waals surface area contributed by atoms with Crippen molar-refractivity contribution in [2.75, 3.05) is 24.3 Å². The van der Waals surface area contributed by atoms with Crippen molar-refractivity contribution in [2.45, 2.75) is 27.2 Å². The van der Waals surface area contributed by atoms with Gasteiger partial charge in [0.05, 0.1) is 22.9 Å². The minimum absolute atomic E-state index is 0.00621. The third-order valence-corrected chi connectivity index (χ3v) is 6.58. The highest BCUT2D eigenvalue weighted by Crippen LogP contribution is 2.28. The van der Waals surface area contributed by atoms with E-state index in [1.54, 1.807) is 25.3 Å². The minimum atomic E-state index is -0.151. The van der Waals surface area contributed by atoms with Gasteiger partial charge >= 0.3 is 0 Å². The predicted molar refractivity (Wildman–Crippen MR) is 139 cm³/mol. The molecule has 0 fully saturated rings. The maximum atomic E-state index is 12.9. The van der Waals surface area contributed by atoms with Crippen LogP contribution in [0.25, 0.3) is 10.2 Å². The zero-order chi connectivity index (χ0) is 24.2. The second-order valence-electron chi connectivity index (χ2n) is 8.23. The lowest BCUT2D eigenvalue weighted by atomic mass is 10.0. The van der Waals surface area contributed by atoms with Gasteiger partial charge in [0.1, 0.15) is 5.75 Å². The quantitative estimate of drug-likeness (QED) is 0.299. The Hall–Kier alpha value is -3.71. The Balaban J connectivity index is 1.42. The van der Waals surface area contributed by atoms with Gasteiger partial charge in [-0.25, -0.2) is 4.98 Å². The van der Waals surface area contributed by atoms with E-state index in [1.807, 2.05) is 45.0 Å². The summed E-state index contributed by atoms with van der Waals surface area (Å²) in [4.78, 5) is 30.0. The summed E-state index contributed by atoms with van der Waals surface area (Å²) in [5, 5.41) is 6.99. The van der Waals surface area contributed by atoms with Crippen LogP contribution in [-0.4, -0.2) is 30.3 Å². The number of carbonyl (C=O) groups excluding carboxylic acids is 2. The van der Waals surface area contributed by atoms with Crippen LogP contribution in [0, 0.1) is 20.8 Å². The standard InChI is InChI=1S/C27H27N3O3S/c1-16-13-17(2)25(18(3)14-16)30-26(32)19-9-10-21-24(15-19)34-27(29-21)28-12-11-22(31)20-7-5-6-8-23(20)33-4/h5-10,13-15H,11-12H2,1-4H3,(H,28,29)(H,30,32). The molecule has 4 aromatic rings. The van der Waals surface area contributed by atoms with Crippen LogP contribution in [-0.2, 0) is 0 Å². The number of aryl methyl sites for hydroxylation is 3. The van der Waals surface area contributed by atoms with Gasteiger partial charge in [0.25, 0.3) is 5.91 Å². The molecule has 2 N–H and O–H groups in total. The molecular weight excluding hydrogens is 446 g/mol. The number of hydrogen-bond acceptors (Lipinski definition) is 6. The molecular formula is C27H27N3O3S. The molecule has 1 aromatic heterocycles. The van der Waals surface area contributed by atoms with E-state index >= 15 is 0 Å². The Kier molecular flexibility index (Phi) is 6.93. The fourth-order valence-electron chi connectivity index (χ4n) is 4.00. The lowest BCUT2D eigenvalue weighted by Crippen LogP contribution is -2.13. The first-order valence-electron chi connectivity index (χ1n) is 11.1. The number of nitrogens with zero attached hydrogens (tertiary/aromatic N) is 1. The first-order chi connectivity index (χ1) is 16.4. The van der Waals surface area contributed by atoms with Crippen LogP contribution in [0.4, 0.5) is 10.8 Å². The summed E-state index contributed by atoms with van der Waals surface area (Å²) in [6, 6.07) is 16.8. The normalized spacial score (nSPS) is 10.8. The molecule has 1 heterocycles.